The third-order valence-electron chi connectivity index (χ3n) is 4.61. The Balaban J connectivity index is 3.10. The fourth-order valence-corrected chi connectivity index (χ4v) is 3.05. The minimum atomic E-state index is 0.473. The van der Waals surface area contributed by atoms with E-state index in [0.717, 1.165) is 0 Å². The second-order valence-corrected chi connectivity index (χ2v) is 6.93. The van der Waals surface area contributed by atoms with Crippen molar-refractivity contribution in [2.24, 2.45) is 5.73 Å². The van der Waals surface area contributed by atoms with Crippen LogP contribution in [0.15, 0.2) is 0 Å². The first-order valence-electron chi connectivity index (χ1n) is 10.1. The standard InChI is InChI=1S/C20H43N/c1-3-5-7-9-11-12-13-15-17-19-20(21)18-16-14-10-8-6-4-2/h20H,3-19,21H2,1-2H3. The summed E-state index contributed by atoms with van der Waals surface area (Å²) in [5.41, 5.74) is 6.21. The Morgan fingerprint density at radius 1 is 0.476 bits per heavy atom. The van der Waals surface area contributed by atoms with Crippen LogP contribution in [-0.4, -0.2) is 6.04 Å². The van der Waals surface area contributed by atoms with E-state index in [4.69, 9.17) is 5.73 Å². The first kappa shape index (κ1) is 21.0. The average Bonchev–Trinajstić information content (AvgIpc) is 2.49. The van der Waals surface area contributed by atoms with Crippen molar-refractivity contribution in [3.05, 3.63) is 0 Å². The Bertz CT molecular complexity index is 179. The normalized spacial score (nSPS) is 12.7. The quantitative estimate of drug-likeness (QED) is 0.288. The lowest BCUT2D eigenvalue weighted by Gasteiger charge is -2.11. The highest BCUT2D eigenvalue weighted by Crippen LogP contribution is 2.13. The van der Waals surface area contributed by atoms with Crippen molar-refractivity contribution in [3.63, 3.8) is 0 Å². The summed E-state index contributed by atoms with van der Waals surface area (Å²) in [4.78, 5) is 0. The number of rotatable bonds is 17. The van der Waals surface area contributed by atoms with Gasteiger partial charge in [-0.25, -0.2) is 0 Å². The van der Waals surface area contributed by atoms with E-state index in [1.807, 2.05) is 0 Å². The van der Waals surface area contributed by atoms with E-state index in [1.54, 1.807) is 0 Å². The van der Waals surface area contributed by atoms with Crippen molar-refractivity contribution in [1.29, 1.82) is 0 Å². The van der Waals surface area contributed by atoms with Crippen molar-refractivity contribution < 1.29 is 0 Å². The van der Waals surface area contributed by atoms with Gasteiger partial charge in [0.15, 0.2) is 0 Å². The number of unbranched alkanes of at least 4 members (excludes halogenated alkanes) is 13. The van der Waals surface area contributed by atoms with Crippen LogP contribution in [0.5, 0.6) is 0 Å². The molecule has 0 fully saturated rings. The van der Waals surface area contributed by atoms with E-state index >= 15 is 0 Å². The van der Waals surface area contributed by atoms with Crippen molar-refractivity contribution in [2.45, 2.75) is 129 Å². The second kappa shape index (κ2) is 18.0. The van der Waals surface area contributed by atoms with Crippen LogP contribution in [0, 0.1) is 0 Å². The molecule has 0 bridgehead atoms. The Hall–Kier alpha value is -0.0400. The molecular weight excluding hydrogens is 254 g/mol. The predicted molar refractivity (Wildman–Crippen MR) is 97.8 cm³/mol. The molecule has 0 heterocycles. The molecule has 0 aromatic rings. The van der Waals surface area contributed by atoms with E-state index < -0.39 is 0 Å². The van der Waals surface area contributed by atoms with Gasteiger partial charge in [-0.3, -0.25) is 0 Å². The van der Waals surface area contributed by atoms with Crippen LogP contribution in [0.3, 0.4) is 0 Å². The molecular formula is C20H43N. The minimum Gasteiger partial charge on any atom is -0.328 e. The summed E-state index contributed by atoms with van der Waals surface area (Å²) >= 11 is 0. The Labute approximate surface area is 135 Å². The maximum atomic E-state index is 6.21. The molecule has 0 saturated heterocycles. The fraction of sp³-hybridized carbons (Fsp3) is 1.00. The molecule has 0 saturated carbocycles. The molecule has 0 spiro atoms. The summed E-state index contributed by atoms with van der Waals surface area (Å²) in [6.45, 7) is 4.57. The van der Waals surface area contributed by atoms with Crippen molar-refractivity contribution >= 4 is 0 Å². The molecule has 0 aliphatic carbocycles. The van der Waals surface area contributed by atoms with Gasteiger partial charge in [-0.15, -0.1) is 0 Å². The zero-order chi connectivity index (χ0) is 15.6. The molecule has 0 aromatic heterocycles. The zero-order valence-electron chi connectivity index (χ0n) is 15.2. The molecule has 1 heteroatoms. The van der Waals surface area contributed by atoms with Crippen molar-refractivity contribution in [1.82, 2.24) is 0 Å². The molecule has 1 atom stereocenters. The summed E-state index contributed by atoms with van der Waals surface area (Å²) < 4.78 is 0. The van der Waals surface area contributed by atoms with Gasteiger partial charge in [0.2, 0.25) is 0 Å². The van der Waals surface area contributed by atoms with Gasteiger partial charge in [0.1, 0.15) is 0 Å². The summed E-state index contributed by atoms with van der Waals surface area (Å²) in [5, 5.41) is 0. The molecule has 0 radical (unpaired) electrons. The van der Waals surface area contributed by atoms with Crippen LogP contribution < -0.4 is 5.73 Å². The lowest BCUT2D eigenvalue weighted by molar-refractivity contribution is 0.481. The summed E-state index contributed by atoms with van der Waals surface area (Å²) in [6.07, 6.45) is 23.6. The van der Waals surface area contributed by atoms with Gasteiger partial charge in [0, 0.05) is 6.04 Å². The van der Waals surface area contributed by atoms with E-state index in [1.165, 1.54) is 109 Å². The molecule has 0 aliphatic heterocycles. The predicted octanol–water partition coefficient (Wildman–Crippen LogP) is 6.99. The molecule has 0 aromatic carbocycles. The van der Waals surface area contributed by atoms with Crippen LogP contribution in [0.2, 0.25) is 0 Å². The van der Waals surface area contributed by atoms with Gasteiger partial charge in [-0.1, -0.05) is 110 Å². The molecule has 21 heavy (non-hydrogen) atoms. The lowest BCUT2D eigenvalue weighted by atomic mass is 10.0. The molecule has 0 amide bonds. The third kappa shape index (κ3) is 17.9. The van der Waals surface area contributed by atoms with Crippen LogP contribution in [0.1, 0.15) is 123 Å². The zero-order valence-corrected chi connectivity index (χ0v) is 15.2. The van der Waals surface area contributed by atoms with Gasteiger partial charge < -0.3 is 5.73 Å². The molecule has 0 aliphatic rings. The first-order valence-corrected chi connectivity index (χ1v) is 10.1. The molecule has 2 N–H and O–H groups in total. The SMILES string of the molecule is CCCCCCCCCCCC(N)CCCCCCCC. The van der Waals surface area contributed by atoms with Crippen LogP contribution in [0.4, 0.5) is 0 Å². The second-order valence-electron chi connectivity index (χ2n) is 6.93. The highest BCUT2D eigenvalue weighted by Gasteiger charge is 2.02. The largest absolute Gasteiger partial charge is 0.328 e. The highest BCUT2D eigenvalue weighted by atomic mass is 14.6. The Morgan fingerprint density at radius 3 is 1.10 bits per heavy atom. The number of hydrogen-bond donors (Lipinski definition) is 1. The maximum Gasteiger partial charge on any atom is 0.00388 e. The van der Waals surface area contributed by atoms with Crippen LogP contribution >= 0.6 is 0 Å². The first-order chi connectivity index (χ1) is 10.3. The van der Waals surface area contributed by atoms with E-state index in [0.29, 0.717) is 6.04 Å². The van der Waals surface area contributed by atoms with Crippen molar-refractivity contribution in [2.75, 3.05) is 0 Å². The lowest BCUT2D eigenvalue weighted by Crippen LogP contribution is -2.19. The summed E-state index contributed by atoms with van der Waals surface area (Å²) in [7, 11) is 0. The minimum absolute atomic E-state index is 0.473. The van der Waals surface area contributed by atoms with E-state index in [2.05, 4.69) is 13.8 Å². The van der Waals surface area contributed by atoms with Gasteiger partial charge in [-0.2, -0.15) is 0 Å². The van der Waals surface area contributed by atoms with Gasteiger partial charge in [0.05, 0.1) is 0 Å². The van der Waals surface area contributed by atoms with E-state index in [-0.39, 0.29) is 0 Å². The average molecular weight is 298 g/mol. The Kier molecular flexibility index (Phi) is 18.0. The third-order valence-corrected chi connectivity index (χ3v) is 4.61. The van der Waals surface area contributed by atoms with Gasteiger partial charge in [-0.05, 0) is 12.8 Å². The smallest absolute Gasteiger partial charge is 0.00388 e. The van der Waals surface area contributed by atoms with Crippen LogP contribution in [0.25, 0.3) is 0 Å². The monoisotopic (exact) mass is 297 g/mol. The molecule has 1 nitrogen and oxygen atoms in total. The maximum absolute atomic E-state index is 6.21. The highest BCUT2D eigenvalue weighted by molar-refractivity contribution is 4.62. The number of hydrogen-bond acceptors (Lipinski definition) is 1. The molecule has 128 valence electrons. The fourth-order valence-electron chi connectivity index (χ4n) is 3.05. The van der Waals surface area contributed by atoms with Gasteiger partial charge in [0.25, 0.3) is 0 Å². The van der Waals surface area contributed by atoms with E-state index in [9.17, 15) is 0 Å². The van der Waals surface area contributed by atoms with Crippen molar-refractivity contribution in [3.8, 4) is 0 Å². The molecule has 1 unspecified atom stereocenters. The summed E-state index contributed by atoms with van der Waals surface area (Å²) in [6, 6.07) is 0.473. The number of nitrogens with two attached hydrogens (primary N) is 1. The molecule has 0 rings (SSSR count). The van der Waals surface area contributed by atoms with Gasteiger partial charge >= 0.3 is 0 Å². The van der Waals surface area contributed by atoms with Crippen LogP contribution in [-0.2, 0) is 0 Å². The topological polar surface area (TPSA) is 26.0 Å². The summed E-state index contributed by atoms with van der Waals surface area (Å²) in [5.74, 6) is 0. The Morgan fingerprint density at radius 2 is 0.762 bits per heavy atom.